The average molecular weight is 263 g/mol. The summed E-state index contributed by atoms with van der Waals surface area (Å²) in [5.74, 6) is 0.582. The summed E-state index contributed by atoms with van der Waals surface area (Å²) in [7, 11) is 0. The quantitative estimate of drug-likeness (QED) is 0.772. The van der Waals surface area contributed by atoms with Crippen LogP contribution in [-0.2, 0) is 4.79 Å². The lowest BCUT2D eigenvalue weighted by Gasteiger charge is -2.22. The zero-order chi connectivity index (χ0) is 14.3. The van der Waals surface area contributed by atoms with Gasteiger partial charge in [0.1, 0.15) is 5.75 Å². The Morgan fingerprint density at radius 3 is 2.53 bits per heavy atom. The highest BCUT2D eigenvalue weighted by Crippen LogP contribution is 2.13. The molecule has 0 aliphatic rings. The lowest BCUT2D eigenvalue weighted by molar-refractivity contribution is -0.118. The van der Waals surface area contributed by atoms with Crippen LogP contribution in [0.5, 0.6) is 5.75 Å². The summed E-state index contributed by atoms with van der Waals surface area (Å²) in [5.41, 5.74) is 0.306. The summed E-state index contributed by atoms with van der Waals surface area (Å²) in [6.07, 6.45) is 3.17. The molecule has 0 radical (unpaired) electrons. The van der Waals surface area contributed by atoms with Crippen molar-refractivity contribution in [2.45, 2.75) is 26.3 Å². The minimum atomic E-state index is -0.611. The van der Waals surface area contributed by atoms with Crippen molar-refractivity contribution in [3.63, 3.8) is 0 Å². The fourth-order valence-electron chi connectivity index (χ4n) is 1.43. The molecular formula is C15H21NO3. The second kappa shape index (κ2) is 6.95. The molecule has 0 spiro atoms. The van der Waals surface area contributed by atoms with Crippen LogP contribution < -0.4 is 10.1 Å². The van der Waals surface area contributed by atoms with Crippen LogP contribution in [0, 0.1) is 0 Å². The number of carbonyl (C=O) groups is 1. The molecule has 0 saturated carbocycles. The standard InChI is InChI=1S/C15H21NO3/c1-4-19-13-8-5-12(6-9-13)7-10-14(18)16-15(2,3)11-17/h5-10,17H,4,11H2,1-3H3,(H,16,18)/b10-7+. The minimum absolute atomic E-state index is 0.102. The van der Waals surface area contributed by atoms with Crippen molar-refractivity contribution in [2.75, 3.05) is 13.2 Å². The summed E-state index contributed by atoms with van der Waals surface area (Å²) in [6, 6.07) is 7.48. The fourth-order valence-corrected chi connectivity index (χ4v) is 1.43. The molecule has 0 atom stereocenters. The topological polar surface area (TPSA) is 58.6 Å². The van der Waals surface area contributed by atoms with E-state index in [-0.39, 0.29) is 12.5 Å². The normalized spacial score (nSPS) is 11.6. The van der Waals surface area contributed by atoms with Crippen molar-refractivity contribution in [3.8, 4) is 5.75 Å². The monoisotopic (exact) mass is 263 g/mol. The van der Waals surface area contributed by atoms with Crippen LogP contribution in [0.25, 0.3) is 6.08 Å². The van der Waals surface area contributed by atoms with E-state index >= 15 is 0 Å². The molecule has 4 heteroatoms. The van der Waals surface area contributed by atoms with Crippen molar-refractivity contribution >= 4 is 12.0 Å². The Balaban J connectivity index is 2.58. The second-order valence-corrected chi connectivity index (χ2v) is 4.87. The number of amides is 1. The molecule has 0 heterocycles. The predicted octanol–water partition coefficient (Wildman–Crippen LogP) is 1.99. The number of aliphatic hydroxyl groups is 1. The first kappa shape index (κ1) is 15.2. The van der Waals surface area contributed by atoms with E-state index in [0.29, 0.717) is 6.61 Å². The first-order chi connectivity index (χ1) is 8.96. The molecule has 4 nitrogen and oxygen atoms in total. The molecule has 1 aromatic carbocycles. The number of aliphatic hydroxyl groups excluding tert-OH is 1. The number of hydrogen-bond donors (Lipinski definition) is 2. The van der Waals surface area contributed by atoms with Gasteiger partial charge < -0.3 is 15.2 Å². The van der Waals surface area contributed by atoms with E-state index in [1.54, 1.807) is 19.9 Å². The van der Waals surface area contributed by atoms with Crippen molar-refractivity contribution < 1.29 is 14.6 Å². The van der Waals surface area contributed by atoms with Gasteiger partial charge in [-0.2, -0.15) is 0 Å². The summed E-state index contributed by atoms with van der Waals surface area (Å²) < 4.78 is 5.34. The Labute approximate surface area is 114 Å². The molecule has 1 amide bonds. The van der Waals surface area contributed by atoms with E-state index in [2.05, 4.69) is 5.32 Å². The van der Waals surface area contributed by atoms with Gasteiger partial charge in [0.25, 0.3) is 0 Å². The number of carbonyl (C=O) groups excluding carboxylic acids is 1. The highest BCUT2D eigenvalue weighted by molar-refractivity contribution is 5.92. The molecular weight excluding hydrogens is 242 g/mol. The van der Waals surface area contributed by atoms with Crippen LogP contribution >= 0.6 is 0 Å². The Morgan fingerprint density at radius 2 is 2.00 bits per heavy atom. The van der Waals surface area contributed by atoms with Crippen LogP contribution in [-0.4, -0.2) is 29.8 Å². The molecule has 0 fully saturated rings. The van der Waals surface area contributed by atoms with Crippen molar-refractivity contribution in [3.05, 3.63) is 35.9 Å². The van der Waals surface area contributed by atoms with Gasteiger partial charge in [0.05, 0.1) is 18.8 Å². The maximum atomic E-state index is 11.6. The molecule has 0 bridgehead atoms. The maximum absolute atomic E-state index is 11.6. The number of rotatable bonds is 6. The van der Waals surface area contributed by atoms with Crippen molar-refractivity contribution in [1.82, 2.24) is 5.32 Å². The second-order valence-electron chi connectivity index (χ2n) is 4.87. The predicted molar refractivity (Wildman–Crippen MR) is 76.0 cm³/mol. The van der Waals surface area contributed by atoms with Gasteiger partial charge in [-0.3, -0.25) is 4.79 Å². The molecule has 2 N–H and O–H groups in total. The van der Waals surface area contributed by atoms with E-state index in [1.807, 2.05) is 31.2 Å². The van der Waals surface area contributed by atoms with Gasteiger partial charge in [-0.25, -0.2) is 0 Å². The van der Waals surface area contributed by atoms with Crippen molar-refractivity contribution in [2.24, 2.45) is 0 Å². The largest absolute Gasteiger partial charge is 0.494 e. The summed E-state index contributed by atoms with van der Waals surface area (Å²) in [5, 5.41) is 11.8. The Kier molecular flexibility index (Phi) is 5.57. The summed E-state index contributed by atoms with van der Waals surface area (Å²) >= 11 is 0. The molecule has 0 unspecified atom stereocenters. The summed E-state index contributed by atoms with van der Waals surface area (Å²) in [6.45, 7) is 5.98. The zero-order valence-corrected chi connectivity index (χ0v) is 11.6. The van der Waals surface area contributed by atoms with E-state index in [9.17, 15) is 4.79 Å². The van der Waals surface area contributed by atoms with Crippen LogP contribution in [0.15, 0.2) is 30.3 Å². The molecule has 104 valence electrons. The molecule has 19 heavy (non-hydrogen) atoms. The zero-order valence-electron chi connectivity index (χ0n) is 11.6. The third-order valence-electron chi connectivity index (χ3n) is 2.48. The third kappa shape index (κ3) is 5.57. The Morgan fingerprint density at radius 1 is 1.37 bits per heavy atom. The van der Waals surface area contributed by atoms with E-state index < -0.39 is 5.54 Å². The van der Waals surface area contributed by atoms with Crippen LogP contribution in [0.2, 0.25) is 0 Å². The lowest BCUT2D eigenvalue weighted by Crippen LogP contribution is -2.45. The van der Waals surface area contributed by atoms with Gasteiger partial charge in [0.15, 0.2) is 0 Å². The van der Waals surface area contributed by atoms with Gasteiger partial charge in [-0.05, 0) is 44.5 Å². The fraction of sp³-hybridized carbons (Fsp3) is 0.400. The van der Waals surface area contributed by atoms with Crippen molar-refractivity contribution in [1.29, 1.82) is 0 Å². The molecule has 1 aromatic rings. The lowest BCUT2D eigenvalue weighted by atomic mass is 10.1. The average Bonchev–Trinajstić information content (AvgIpc) is 2.38. The SMILES string of the molecule is CCOc1ccc(/C=C/C(=O)NC(C)(C)CO)cc1. The third-order valence-corrected chi connectivity index (χ3v) is 2.48. The van der Waals surface area contributed by atoms with Crippen LogP contribution in [0.1, 0.15) is 26.3 Å². The van der Waals surface area contributed by atoms with E-state index in [0.717, 1.165) is 11.3 Å². The van der Waals surface area contributed by atoms with Crippen LogP contribution in [0.3, 0.4) is 0 Å². The first-order valence-corrected chi connectivity index (χ1v) is 6.31. The van der Waals surface area contributed by atoms with Crippen LogP contribution in [0.4, 0.5) is 0 Å². The number of nitrogens with one attached hydrogen (secondary N) is 1. The molecule has 0 saturated heterocycles. The molecule has 1 rings (SSSR count). The molecule has 0 aliphatic heterocycles. The number of benzene rings is 1. The Bertz CT molecular complexity index is 435. The molecule has 0 aromatic heterocycles. The van der Waals surface area contributed by atoms with Gasteiger partial charge >= 0.3 is 0 Å². The Hall–Kier alpha value is -1.81. The number of hydrogen-bond acceptors (Lipinski definition) is 3. The smallest absolute Gasteiger partial charge is 0.244 e. The van der Waals surface area contributed by atoms with E-state index in [4.69, 9.17) is 9.84 Å². The molecule has 0 aliphatic carbocycles. The van der Waals surface area contributed by atoms with E-state index in [1.165, 1.54) is 6.08 Å². The number of ether oxygens (including phenoxy) is 1. The van der Waals surface area contributed by atoms with Gasteiger partial charge in [-0.1, -0.05) is 12.1 Å². The van der Waals surface area contributed by atoms with Gasteiger partial charge in [-0.15, -0.1) is 0 Å². The highest BCUT2D eigenvalue weighted by Gasteiger charge is 2.17. The van der Waals surface area contributed by atoms with Gasteiger partial charge in [0.2, 0.25) is 5.91 Å². The first-order valence-electron chi connectivity index (χ1n) is 6.31. The maximum Gasteiger partial charge on any atom is 0.244 e. The summed E-state index contributed by atoms with van der Waals surface area (Å²) in [4.78, 5) is 11.6. The highest BCUT2D eigenvalue weighted by atomic mass is 16.5. The minimum Gasteiger partial charge on any atom is -0.494 e. The van der Waals surface area contributed by atoms with Gasteiger partial charge in [0, 0.05) is 6.08 Å².